The predicted molar refractivity (Wildman–Crippen MR) is 86.3 cm³/mol. The Morgan fingerprint density at radius 1 is 1.38 bits per heavy atom. The average Bonchev–Trinajstić information content (AvgIpc) is 2.74. The SMILES string of the molecule is CC1(C)C2CCC1(C)C(NC(=O)c1cc(N)ccc1Cl)C2. The minimum absolute atomic E-state index is 0.109. The van der Waals surface area contributed by atoms with Crippen LogP contribution in [0.3, 0.4) is 0 Å². The van der Waals surface area contributed by atoms with E-state index in [0.29, 0.717) is 22.2 Å². The first kappa shape index (κ1) is 14.7. The molecule has 2 aliphatic carbocycles. The molecule has 0 heterocycles. The number of nitrogens with two attached hydrogens (primary N) is 1. The Labute approximate surface area is 131 Å². The van der Waals surface area contributed by atoms with E-state index in [0.717, 1.165) is 6.42 Å². The Hall–Kier alpha value is -1.22. The lowest BCUT2D eigenvalue weighted by Gasteiger charge is -2.39. The van der Waals surface area contributed by atoms with Crippen molar-refractivity contribution < 1.29 is 4.79 Å². The normalized spacial score (nSPS) is 33.1. The van der Waals surface area contributed by atoms with Gasteiger partial charge >= 0.3 is 0 Å². The van der Waals surface area contributed by atoms with Gasteiger partial charge in [0.05, 0.1) is 10.6 Å². The number of amides is 1. The van der Waals surface area contributed by atoms with Crippen LogP contribution < -0.4 is 11.1 Å². The Bertz CT molecular complexity index is 598. The Kier molecular flexibility index (Phi) is 3.25. The molecular weight excluding hydrogens is 284 g/mol. The van der Waals surface area contributed by atoms with E-state index in [1.165, 1.54) is 12.8 Å². The summed E-state index contributed by atoms with van der Waals surface area (Å²) in [4.78, 5) is 12.6. The largest absolute Gasteiger partial charge is 0.399 e. The topological polar surface area (TPSA) is 55.1 Å². The molecule has 114 valence electrons. The molecule has 21 heavy (non-hydrogen) atoms. The van der Waals surface area contributed by atoms with Crippen LogP contribution in [-0.2, 0) is 0 Å². The molecule has 3 N–H and O–H groups in total. The summed E-state index contributed by atoms with van der Waals surface area (Å²) in [5, 5.41) is 3.66. The van der Waals surface area contributed by atoms with Crippen molar-refractivity contribution in [2.75, 3.05) is 5.73 Å². The number of nitrogens with one attached hydrogen (secondary N) is 1. The molecule has 4 heteroatoms. The van der Waals surface area contributed by atoms with Crippen molar-refractivity contribution in [3.63, 3.8) is 0 Å². The van der Waals surface area contributed by atoms with Gasteiger partial charge in [0, 0.05) is 11.7 Å². The second-order valence-corrected chi connectivity index (χ2v) is 7.78. The highest BCUT2D eigenvalue weighted by atomic mass is 35.5. The molecule has 2 bridgehead atoms. The lowest BCUT2D eigenvalue weighted by Crippen LogP contribution is -2.46. The van der Waals surface area contributed by atoms with Crippen molar-refractivity contribution in [1.82, 2.24) is 5.32 Å². The number of benzene rings is 1. The minimum Gasteiger partial charge on any atom is -0.399 e. The fraction of sp³-hybridized carbons (Fsp3) is 0.588. The van der Waals surface area contributed by atoms with Crippen LogP contribution in [0.15, 0.2) is 18.2 Å². The van der Waals surface area contributed by atoms with Crippen LogP contribution in [0.4, 0.5) is 5.69 Å². The van der Waals surface area contributed by atoms with Gasteiger partial charge < -0.3 is 11.1 Å². The second kappa shape index (κ2) is 4.64. The van der Waals surface area contributed by atoms with Crippen molar-refractivity contribution in [2.45, 2.75) is 46.1 Å². The zero-order chi connectivity index (χ0) is 15.4. The molecule has 0 saturated heterocycles. The summed E-state index contributed by atoms with van der Waals surface area (Å²) < 4.78 is 0. The third-order valence-electron chi connectivity index (χ3n) is 6.33. The van der Waals surface area contributed by atoms with Crippen LogP contribution in [0.25, 0.3) is 0 Å². The molecule has 0 aromatic heterocycles. The van der Waals surface area contributed by atoms with Crippen LogP contribution in [0, 0.1) is 16.7 Å². The van der Waals surface area contributed by atoms with Gasteiger partial charge in [-0.3, -0.25) is 4.79 Å². The number of fused-ring (bicyclic) bond motifs is 2. The van der Waals surface area contributed by atoms with Gasteiger partial charge in [0.25, 0.3) is 5.91 Å². The molecule has 1 aromatic carbocycles. The summed E-state index contributed by atoms with van der Waals surface area (Å²) in [6.07, 6.45) is 3.52. The van der Waals surface area contributed by atoms with Crippen molar-refractivity contribution in [3.05, 3.63) is 28.8 Å². The molecule has 0 radical (unpaired) electrons. The molecule has 3 atom stereocenters. The van der Waals surface area contributed by atoms with Gasteiger partial charge in [-0.1, -0.05) is 32.4 Å². The fourth-order valence-electron chi connectivity index (χ4n) is 4.37. The summed E-state index contributed by atoms with van der Waals surface area (Å²) in [7, 11) is 0. The monoisotopic (exact) mass is 306 g/mol. The van der Waals surface area contributed by atoms with Crippen LogP contribution >= 0.6 is 11.6 Å². The van der Waals surface area contributed by atoms with Crippen molar-refractivity contribution >= 4 is 23.2 Å². The van der Waals surface area contributed by atoms with E-state index < -0.39 is 0 Å². The highest BCUT2D eigenvalue weighted by Gasteiger charge is 2.61. The van der Waals surface area contributed by atoms with Gasteiger partial charge in [0.2, 0.25) is 0 Å². The molecule has 0 aliphatic heterocycles. The van der Waals surface area contributed by atoms with Crippen LogP contribution in [-0.4, -0.2) is 11.9 Å². The Morgan fingerprint density at radius 3 is 2.67 bits per heavy atom. The summed E-state index contributed by atoms with van der Waals surface area (Å²) in [5.41, 5.74) is 7.25. The van der Waals surface area contributed by atoms with Gasteiger partial charge in [-0.05, 0) is 54.2 Å². The molecule has 3 unspecified atom stereocenters. The molecule has 1 aromatic rings. The molecule has 2 aliphatic rings. The molecule has 2 fully saturated rings. The number of hydrogen-bond acceptors (Lipinski definition) is 2. The van der Waals surface area contributed by atoms with E-state index in [1.807, 2.05) is 0 Å². The van der Waals surface area contributed by atoms with Gasteiger partial charge in [-0.25, -0.2) is 0 Å². The molecule has 3 nitrogen and oxygen atoms in total. The van der Waals surface area contributed by atoms with Gasteiger partial charge in [-0.15, -0.1) is 0 Å². The van der Waals surface area contributed by atoms with Crippen LogP contribution in [0.1, 0.15) is 50.4 Å². The summed E-state index contributed by atoms with van der Waals surface area (Å²) in [5.74, 6) is 0.589. The summed E-state index contributed by atoms with van der Waals surface area (Å²) >= 11 is 6.13. The lowest BCUT2D eigenvalue weighted by molar-refractivity contribution is 0.0826. The maximum absolute atomic E-state index is 12.6. The number of hydrogen-bond donors (Lipinski definition) is 2. The van der Waals surface area contributed by atoms with E-state index in [4.69, 9.17) is 17.3 Å². The molecular formula is C17H23ClN2O. The maximum Gasteiger partial charge on any atom is 0.253 e. The first-order chi connectivity index (χ1) is 9.75. The number of nitrogen functional groups attached to an aromatic ring is 1. The smallest absolute Gasteiger partial charge is 0.253 e. The molecule has 1 amide bonds. The zero-order valence-corrected chi connectivity index (χ0v) is 13.6. The Morgan fingerprint density at radius 2 is 2.10 bits per heavy atom. The number of carbonyl (C=O) groups is 1. The van der Waals surface area contributed by atoms with Crippen LogP contribution in [0.5, 0.6) is 0 Å². The maximum atomic E-state index is 12.6. The third kappa shape index (κ3) is 2.05. The minimum atomic E-state index is -0.109. The number of carbonyl (C=O) groups excluding carboxylic acids is 1. The lowest BCUT2D eigenvalue weighted by atomic mass is 9.69. The van der Waals surface area contributed by atoms with E-state index >= 15 is 0 Å². The standard InChI is InChI=1S/C17H23ClN2O/c1-16(2)10-6-7-17(16,3)14(8-10)20-15(21)12-9-11(19)4-5-13(12)18/h4-5,9-10,14H,6-8,19H2,1-3H3,(H,20,21). The van der Waals surface area contributed by atoms with E-state index in [9.17, 15) is 4.79 Å². The number of halogens is 1. The molecule has 2 saturated carbocycles. The number of rotatable bonds is 2. The van der Waals surface area contributed by atoms with Crippen molar-refractivity contribution in [1.29, 1.82) is 0 Å². The first-order valence-corrected chi connectivity index (χ1v) is 7.99. The molecule has 0 spiro atoms. The van der Waals surface area contributed by atoms with E-state index in [1.54, 1.807) is 18.2 Å². The second-order valence-electron chi connectivity index (χ2n) is 7.38. The highest BCUT2D eigenvalue weighted by molar-refractivity contribution is 6.34. The van der Waals surface area contributed by atoms with E-state index in [-0.39, 0.29) is 22.8 Å². The third-order valence-corrected chi connectivity index (χ3v) is 6.66. The summed E-state index contributed by atoms with van der Waals surface area (Å²) in [6, 6.07) is 5.26. The zero-order valence-electron chi connectivity index (χ0n) is 12.9. The van der Waals surface area contributed by atoms with E-state index in [2.05, 4.69) is 26.1 Å². The van der Waals surface area contributed by atoms with Crippen molar-refractivity contribution in [2.24, 2.45) is 16.7 Å². The summed E-state index contributed by atoms with van der Waals surface area (Å²) in [6.45, 7) is 6.99. The fourth-order valence-corrected chi connectivity index (χ4v) is 4.58. The Balaban J connectivity index is 1.82. The van der Waals surface area contributed by atoms with Gasteiger partial charge in [0.1, 0.15) is 0 Å². The molecule has 3 rings (SSSR count). The average molecular weight is 307 g/mol. The number of anilines is 1. The van der Waals surface area contributed by atoms with Crippen molar-refractivity contribution in [3.8, 4) is 0 Å². The first-order valence-electron chi connectivity index (χ1n) is 7.61. The van der Waals surface area contributed by atoms with Gasteiger partial charge in [0.15, 0.2) is 0 Å². The quantitative estimate of drug-likeness (QED) is 0.815. The predicted octanol–water partition coefficient (Wildman–Crippen LogP) is 3.87. The highest BCUT2D eigenvalue weighted by Crippen LogP contribution is 2.65. The van der Waals surface area contributed by atoms with Crippen LogP contribution in [0.2, 0.25) is 5.02 Å². The van der Waals surface area contributed by atoms with Gasteiger partial charge in [-0.2, -0.15) is 0 Å².